The molecule has 0 unspecified atom stereocenters. The molecule has 0 fully saturated rings. The van der Waals surface area contributed by atoms with Crippen molar-refractivity contribution < 1.29 is 14.3 Å². The summed E-state index contributed by atoms with van der Waals surface area (Å²) < 4.78 is 6.26. The molecule has 1 heterocycles. The molecule has 0 saturated carbocycles. The lowest BCUT2D eigenvalue weighted by molar-refractivity contribution is -0.108. The van der Waals surface area contributed by atoms with Gasteiger partial charge in [-0.1, -0.05) is 0 Å². The van der Waals surface area contributed by atoms with E-state index in [9.17, 15) is 9.59 Å². The van der Waals surface area contributed by atoms with Gasteiger partial charge in [-0.2, -0.15) is 0 Å². The van der Waals surface area contributed by atoms with Gasteiger partial charge in [-0.15, -0.1) is 0 Å². The number of hydrogen-bond acceptors (Lipinski definition) is 3. The Hall–Kier alpha value is -1.58. The van der Waals surface area contributed by atoms with Gasteiger partial charge >= 0.3 is 5.97 Å². The molecule has 13 heavy (non-hydrogen) atoms. The number of ether oxygens (including phenoxy) is 1. The minimum absolute atomic E-state index is 0.379. The fourth-order valence-corrected chi connectivity index (χ4v) is 1.09. The van der Waals surface area contributed by atoms with Crippen LogP contribution in [0.5, 0.6) is 0 Å². The van der Waals surface area contributed by atoms with Crippen LogP contribution in [0, 0.1) is 0 Å². The standard InChI is InChI=1S/C9H11NO3/c1-13-9(12)8-4-2-5-10(8)6-3-7-11/h2,4-5,7H,3,6H2,1H3. The zero-order valence-corrected chi connectivity index (χ0v) is 7.40. The Bertz CT molecular complexity index is 304. The third-order valence-electron chi connectivity index (χ3n) is 1.71. The van der Waals surface area contributed by atoms with Crippen LogP contribution in [0.15, 0.2) is 18.3 Å². The lowest BCUT2D eigenvalue weighted by atomic mass is 10.4. The van der Waals surface area contributed by atoms with E-state index in [0.29, 0.717) is 18.7 Å². The van der Waals surface area contributed by atoms with Crippen molar-refractivity contribution in [2.45, 2.75) is 13.0 Å². The highest BCUT2D eigenvalue weighted by atomic mass is 16.5. The van der Waals surface area contributed by atoms with Gasteiger partial charge in [0.25, 0.3) is 0 Å². The molecule has 70 valence electrons. The van der Waals surface area contributed by atoms with E-state index in [2.05, 4.69) is 4.74 Å². The molecule has 4 nitrogen and oxygen atoms in total. The number of hydrogen-bond donors (Lipinski definition) is 0. The second kappa shape index (κ2) is 4.45. The topological polar surface area (TPSA) is 48.3 Å². The molecule has 0 aliphatic rings. The number of methoxy groups -OCH3 is 1. The molecule has 0 aromatic carbocycles. The van der Waals surface area contributed by atoms with Gasteiger partial charge in [-0.25, -0.2) is 4.79 Å². The first kappa shape index (κ1) is 9.51. The highest BCUT2D eigenvalue weighted by Gasteiger charge is 2.09. The summed E-state index contributed by atoms with van der Waals surface area (Å²) in [6, 6.07) is 3.41. The van der Waals surface area contributed by atoms with Crippen molar-refractivity contribution in [2.75, 3.05) is 7.11 Å². The van der Waals surface area contributed by atoms with E-state index in [1.807, 2.05) is 0 Å². The molecule has 0 aliphatic carbocycles. The van der Waals surface area contributed by atoms with Gasteiger partial charge in [0.1, 0.15) is 12.0 Å². The Balaban J connectivity index is 2.76. The Morgan fingerprint density at radius 3 is 3.08 bits per heavy atom. The molecule has 1 aromatic rings. The van der Waals surface area contributed by atoms with E-state index in [1.54, 1.807) is 22.9 Å². The fraction of sp³-hybridized carbons (Fsp3) is 0.333. The van der Waals surface area contributed by atoms with E-state index in [0.717, 1.165) is 6.29 Å². The Labute approximate surface area is 76.1 Å². The largest absolute Gasteiger partial charge is 0.464 e. The molecule has 1 rings (SSSR count). The summed E-state index contributed by atoms with van der Waals surface area (Å²) in [6.45, 7) is 0.515. The normalized spacial score (nSPS) is 9.62. The van der Waals surface area contributed by atoms with E-state index < -0.39 is 0 Å². The minimum Gasteiger partial charge on any atom is -0.464 e. The van der Waals surface area contributed by atoms with Crippen molar-refractivity contribution in [3.8, 4) is 0 Å². The summed E-state index contributed by atoms with van der Waals surface area (Å²) in [5, 5.41) is 0. The average Bonchev–Trinajstić information content (AvgIpc) is 2.61. The predicted octanol–water partition coefficient (Wildman–Crippen LogP) is 0.864. The van der Waals surface area contributed by atoms with Crippen molar-refractivity contribution in [1.82, 2.24) is 4.57 Å². The van der Waals surface area contributed by atoms with Crippen LogP contribution < -0.4 is 0 Å². The lowest BCUT2D eigenvalue weighted by Crippen LogP contribution is -2.10. The molecular weight excluding hydrogens is 170 g/mol. The monoisotopic (exact) mass is 181 g/mol. The summed E-state index contributed by atoms with van der Waals surface area (Å²) in [7, 11) is 1.33. The van der Waals surface area contributed by atoms with E-state index in [1.165, 1.54) is 7.11 Å². The highest BCUT2D eigenvalue weighted by Crippen LogP contribution is 2.04. The molecule has 0 bridgehead atoms. The van der Waals surface area contributed by atoms with Gasteiger partial charge in [0.15, 0.2) is 0 Å². The maximum atomic E-state index is 11.1. The van der Waals surface area contributed by atoms with Crippen LogP contribution in [0.3, 0.4) is 0 Å². The molecule has 0 amide bonds. The fourth-order valence-electron chi connectivity index (χ4n) is 1.09. The van der Waals surface area contributed by atoms with Crippen molar-refractivity contribution in [3.05, 3.63) is 24.0 Å². The first-order valence-corrected chi connectivity index (χ1v) is 3.96. The van der Waals surface area contributed by atoms with E-state index in [-0.39, 0.29) is 5.97 Å². The summed E-state index contributed by atoms with van der Waals surface area (Å²) in [4.78, 5) is 21.2. The zero-order chi connectivity index (χ0) is 9.68. The number of aromatic nitrogens is 1. The number of esters is 1. The predicted molar refractivity (Wildman–Crippen MR) is 46.5 cm³/mol. The van der Waals surface area contributed by atoms with Gasteiger partial charge in [-0.05, 0) is 12.1 Å². The van der Waals surface area contributed by atoms with Gasteiger partial charge < -0.3 is 14.1 Å². The molecule has 0 radical (unpaired) electrons. The van der Waals surface area contributed by atoms with Gasteiger partial charge in [-0.3, -0.25) is 0 Å². The van der Waals surface area contributed by atoms with Crippen LogP contribution in [0.1, 0.15) is 16.9 Å². The quantitative estimate of drug-likeness (QED) is 0.511. The van der Waals surface area contributed by atoms with Gasteiger partial charge in [0.05, 0.1) is 7.11 Å². The first-order chi connectivity index (χ1) is 6.29. The van der Waals surface area contributed by atoms with E-state index >= 15 is 0 Å². The van der Waals surface area contributed by atoms with Crippen molar-refractivity contribution >= 4 is 12.3 Å². The number of aldehydes is 1. The molecule has 4 heteroatoms. The Morgan fingerprint density at radius 2 is 2.46 bits per heavy atom. The van der Waals surface area contributed by atoms with Crippen LogP contribution in [0.4, 0.5) is 0 Å². The van der Waals surface area contributed by atoms with Crippen LogP contribution in [0.2, 0.25) is 0 Å². The van der Waals surface area contributed by atoms with Crippen molar-refractivity contribution in [1.29, 1.82) is 0 Å². The number of nitrogens with zero attached hydrogens (tertiary/aromatic N) is 1. The molecule has 0 aliphatic heterocycles. The molecule has 1 aromatic heterocycles. The molecular formula is C9H11NO3. The maximum Gasteiger partial charge on any atom is 0.354 e. The number of carbonyl (C=O) groups is 2. The van der Waals surface area contributed by atoms with Crippen LogP contribution in [-0.4, -0.2) is 23.9 Å². The number of aryl methyl sites for hydroxylation is 1. The third-order valence-corrected chi connectivity index (χ3v) is 1.71. The van der Waals surface area contributed by atoms with Gasteiger partial charge in [0.2, 0.25) is 0 Å². The summed E-state index contributed by atoms with van der Waals surface area (Å²) in [5.74, 6) is -0.379. The van der Waals surface area contributed by atoms with Gasteiger partial charge in [0, 0.05) is 19.2 Å². The van der Waals surface area contributed by atoms with Crippen LogP contribution in [0.25, 0.3) is 0 Å². The second-order valence-electron chi connectivity index (χ2n) is 2.53. The first-order valence-electron chi connectivity index (χ1n) is 3.96. The summed E-state index contributed by atoms with van der Waals surface area (Å²) >= 11 is 0. The smallest absolute Gasteiger partial charge is 0.354 e. The molecule has 0 spiro atoms. The average molecular weight is 181 g/mol. The van der Waals surface area contributed by atoms with Crippen LogP contribution in [-0.2, 0) is 16.1 Å². The second-order valence-corrected chi connectivity index (χ2v) is 2.53. The Morgan fingerprint density at radius 1 is 1.69 bits per heavy atom. The molecule has 0 saturated heterocycles. The maximum absolute atomic E-state index is 11.1. The highest BCUT2D eigenvalue weighted by molar-refractivity contribution is 5.87. The number of carbonyl (C=O) groups excluding carboxylic acids is 2. The minimum atomic E-state index is -0.379. The third kappa shape index (κ3) is 2.18. The zero-order valence-electron chi connectivity index (χ0n) is 7.40. The molecule has 0 atom stereocenters. The molecule has 0 N–H and O–H groups in total. The van der Waals surface area contributed by atoms with Crippen molar-refractivity contribution in [3.63, 3.8) is 0 Å². The number of rotatable bonds is 4. The summed E-state index contributed by atoms with van der Waals surface area (Å²) in [6.07, 6.45) is 2.97. The SMILES string of the molecule is COC(=O)c1cccn1CCC=O. The van der Waals surface area contributed by atoms with Crippen molar-refractivity contribution in [2.24, 2.45) is 0 Å². The summed E-state index contributed by atoms with van der Waals surface area (Å²) in [5.41, 5.74) is 0.476. The van der Waals surface area contributed by atoms with Crippen LogP contribution >= 0.6 is 0 Å². The van der Waals surface area contributed by atoms with E-state index in [4.69, 9.17) is 0 Å². The Kier molecular flexibility index (Phi) is 3.25. The lowest BCUT2D eigenvalue weighted by Gasteiger charge is -2.04.